The molecule has 6 unspecified atom stereocenters. The van der Waals surface area contributed by atoms with Gasteiger partial charge in [0.15, 0.2) is 0 Å². The van der Waals surface area contributed by atoms with Crippen LogP contribution in [0.1, 0.15) is 147 Å². The number of hydrogen-bond acceptors (Lipinski definition) is 4. The molecule has 3 fully saturated rings. The Morgan fingerprint density at radius 3 is 2.60 bits per heavy atom. The molecule has 0 radical (unpaired) electrons. The highest BCUT2D eigenvalue weighted by molar-refractivity contribution is 5.69. The first-order valence-corrected chi connectivity index (χ1v) is 17.3. The number of carbonyl (C=O) groups excluding carboxylic acids is 1. The molecule has 4 heteroatoms. The van der Waals surface area contributed by atoms with Crippen LogP contribution in [0.25, 0.3) is 6.08 Å². The molecule has 2 bridgehead atoms. The maximum absolute atomic E-state index is 12.6. The molecule has 1 N–H and O–H groups in total. The van der Waals surface area contributed by atoms with Crippen LogP contribution in [-0.4, -0.2) is 23.3 Å². The van der Waals surface area contributed by atoms with Crippen molar-refractivity contribution < 1.29 is 19.1 Å². The number of furan rings is 1. The zero-order chi connectivity index (χ0) is 29.5. The number of allylic oxidation sites excluding steroid dienone is 5. The topological polar surface area (TPSA) is 59.7 Å². The lowest BCUT2D eigenvalue weighted by molar-refractivity contribution is -0.154. The van der Waals surface area contributed by atoms with Crippen molar-refractivity contribution in [1.82, 2.24) is 0 Å². The van der Waals surface area contributed by atoms with Crippen molar-refractivity contribution in [2.24, 2.45) is 22.7 Å². The van der Waals surface area contributed by atoms with Gasteiger partial charge in [0.25, 0.3) is 0 Å². The minimum absolute atomic E-state index is 0.100. The Hall–Kier alpha value is -2.07. The Bertz CT molecular complexity index is 1110. The van der Waals surface area contributed by atoms with E-state index in [0.717, 1.165) is 70.0 Å². The zero-order valence-electron chi connectivity index (χ0n) is 26.5. The molecule has 1 aromatic heterocycles. The van der Waals surface area contributed by atoms with Crippen molar-refractivity contribution in [3.63, 3.8) is 0 Å². The predicted octanol–water partition coefficient (Wildman–Crippen LogP) is 10.1. The minimum Gasteiger partial charge on any atom is -0.465 e. The van der Waals surface area contributed by atoms with Crippen molar-refractivity contribution in [1.29, 1.82) is 0 Å². The van der Waals surface area contributed by atoms with E-state index in [1.807, 2.05) is 6.26 Å². The average Bonchev–Trinajstić information content (AvgIpc) is 3.54. The molecule has 0 aliphatic heterocycles. The molecule has 42 heavy (non-hydrogen) atoms. The van der Waals surface area contributed by atoms with Gasteiger partial charge in [0.05, 0.1) is 6.26 Å². The van der Waals surface area contributed by atoms with Crippen molar-refractivity contribution in [2.75, 3.05) is 6.61 Å². The highest BCUT2D eigenvalue weighted by Crippen LogP contribution is 2.71. The fraction of sp³-hybridized carbons (Fsp3) is 0.711. The van der Waals surface area contributed by atoms with E-state index >= 15 is 0 Å². The number of rotatable bonds is 16. The third-order valence-corrected chi connectivity index (χ3v) is 11.6. The van der Waals surface area contributed by atoms with Crippen LogP contribution in [0.2, 0.25) is 0 Å². The SMILES string of the molecule is CCCCCC=CCC=CCCCCCCCC(=O)OCC1(O)CC23CCC4c5ccoc5C=CC4(C)C2CCC1C3. The van der Waals surface area contributed by atoms with E-state index in [1.54, 1.807) is 0 Å². The molecule has 4 aliphatic rings. The average molecular weight is 577 g/mol. The normalized spacial score (nSPS) is 33.2. The second-order valence-electron chi connectivity index (χ2n) is 14.3. The number of hydrogen-bond donors (Lipinski definition) is 1. The highest BCUT2D eigenvalue weighted by Gasteiger charge is 2.65. The summed E-state index contributed by atoms with van der Waals surface area (Å²) in [6.07, 6.45) is 35.3. The summed E-state index contributed by atoms with van der Waals surface area (Å²) in [5, 5.41) is 11.8. The zero-order valence-corrected chi connectivity index (χ0v) is 26.5. The minimum atomic E-state index is -0.870. The fourth-order valence-electron chi connectivity index (χ4n) is 9.40. The Labute approximate surface area is 255 Å². The van der Waals surface area contributed by atoms with Gasteiger partial charge in [-0.2, -0.15) is 0 Å². The third kappa shape index (κ3) is 6.85. The number of esters is 1. The quantitative estimate of drug-likeness (QED) is 0.121. The molecule has 232 valence electrons. The number of ether oxygens (including phenoxy) is 1. The van der Waals surface area contributed by atoms with Gasteiger partial charge in [0.2, 0.25) is 0 Å². The first-order valence-electron chi connectivity index (χ1n) is 17.3. The molecule has 5 rings (SSSR count). The van der Waals surface area contributed by atoms with Crippen LogP contribution >= 0.6 is 0 Å². The van der Waals surface area contributed by atoms with Crippen LogP contribution in [0.5, 0.6) is 0 Å². The Kier molecular flexibility index (Phi) is 10.6. The molecule has 6 atom stereocenters. The Morgan fingerprint density at radius 1 is 1.02 bits per heavy atom. The van der Waals surface area contributed by atoms with E-state index in [-0.39, 0.29) is 29.3 Å². The van der Waals surface area contributed by atoms with Gasteiger partial charge in [-0.3, -0.25) is 4.79 Å². The van der Waals surface area contributed by atoms with Crippen molar-refractivity contribution >= 4 is 12.0 Å². The van der Waals surface area contributed by atoms with Crippen LogP contribution in [0.4, 0.5) is 0 Å². The van der Waals surface area contributed by atoms with E-state index < -0.39 is 5.60 Å². The number of fused-ring (bicyclic) bond motifs is 5. The smallest absolute Gasteiger partial charge is 0.305 e. The summed E-state index contributed by atoms with van der Waals surface area (Å²) >= 11 is 0. The van der Waals surface area contributed by atoms with E-state index in [9.17, 15) is 9.90 Å². The molecule has 0 aromatic carbocycles. The van der Waals surface area contributed by atoms with Crippen LogP contribution in [-0.2, 0) is 9.53 Å². The third-order valence-electron chi connectivity index (χ3n) is 11.6. The second-order valence-corrected chi connectivity index (χ2v) is 14.3. The van der Waals surface area contributed by atoms with Gasteiger partial charge in [-0.1, -0.05) is 76.3 Å². The van der Waals surface area contributed by atoms with Gasteiger partial charge < -0.3 is 14.3 Å². The molecule has 3 saturated carbocycles. The van der Waals surface area contributed by atoms with Crippen molar-refractivity contribution in [3.05, 3.63) is 54.0 Å². The van der Waals surface area contributed by atoms with Gasteiger partial charge in [-0.15, -0.1) is 0 Å². The molecule has 1 aromatic rings. The largest absolute Gasteiger partial charge is 0.465 e. The molecular formula is C38H56O4. The van der Waals surface area contributed by atoms with E-state index in [4.69, 9.17) is 9.15 Å². The Balaban J connectivity index is 0.976. The van der Waals surface area contributed by atoms with Gasteiger partial charge >= 0.3 is 5.97 Å². The van der Waals surface area contributed by atoms with Gasteiger partial charge in [-0.25, -0.2) is 0 Å². The van der Waals surface area contributed by atoms with E-state index in [1.165, 1.54) is 50.5 Å². The molecule has 0 saturated heterocycles. The lowest BCUT2D eigenvalue weighted by Crippen LogP contribution is -2.49. The molecule has 1 heterocycles. The molecule has 0 amide bonds. The number of carbonyl (C=O) groups is 1. The summed E-state index contributed by atoms with van der Waals surface area (Å²) in [4.78, 5) is 12.6. The van der Waals surface area contributed by atoms with Gasteiger partial charge in [0, 0.05) is 12.0 Å². The maximum atomic E-state index is 12.6. The standard InChI is InChI=1S/C38H56O4/c1-3-4-5-6-7-8-9-10-11-12-13-14-15-16-17-18-35(39)42-29-38(40)28-37-25-21-32-31-23-26-41-33(31)22-24-36(32,2)34(37)20-19-30(38)27-37/h7-8,10-11,22-24,26,30,32,34,40H,3-6,9,12-21,25,27-29H2,1-2H3. The maximum Gasteiger partial charge on any atom is 0.305 e. The summed E-state index contributed by atoms with van der Waals surface area (Å²) < 4.78 is 11.5. The number of unbranched alkanes of at least 4 members (excludes halogenated alkanes) is 8. The summed E-state index contributed by atoms with van der Waals surface area (Å²) in [6, 6.07) is 2.17. The summed E-state index contributed by atoms with van der Waals surface area (Å²) in [7, 11) is 0. The summed E-state index contributed by atoms with van der Waals surface area (Å²) in [5.41, 5.74) is 0.752. The van der Waals surface area contributed by atoms with Crippen LogP contribution in [0.15, 0.2) is 47.1 Å². The molecule has 4 aliphatic carbocycles. The van der Waals surface area contributed by atoms with Gasteiger partial charge in [0.1, 0.15) is 18.0 Å². The fourth-order valence-corrected chi connectivity index (χ4v) is 9.40. The van der Waals surface area contributed by atoms with E-state index in [2.05, 4.69) is 56.4 Å². The Morgan fingerprint density at radius 2 is 1.79 bits per heavy atom. The van der Waals surface area contributed by atoms with Crippen molar-refractivity contribution in [2.45, 2.75) is 141 Å². The van der Waals surface area contributed by atoms with Crippen LogP contribution in [0.3, 0.4) is 0 Å². The highest BCUT2D eigenvalue weighted by atomic mass is 16.5. The number of aliphatic hydroxyl groups is 1. The first-order chi connectivity index (χ1) is 20.4. The van der Waals surface area contributed by atoms with Gasteiger partial charge in [-0.05, 0) is 118 Å². The first kappa shape index (κ1) is 31.4. The monoisotopic (exact) mass is 576 g/mol. The molecule has 1 spiro atoms. The summed E-state index contributed by atoms with van der Waals surface area (Å²) in [6.45, 7) is 4.86. The predicted molar refractivity (Wildman–Crippen MR) is 171 cm³/mol. The van der Waals surface area contributed by atoms with Crippen LogP contribution in [0, 0.1) is 22.7 Å². The lowest BCUT2D eigenvalue weighted by atomic mass is 9.46. The lowest BCUT2D eigenvalue weighted by Gasteiger charge is -2.58. The molecular weight excluding hydrogens is 520 g/mol. The second kappa shape index (κ2) is 14.1. The van der Waals surface area contributed by atoms with Crippen LogP contribution < -0.4 is 0 Å². The van der Waals surface area contributed by atoms with Crippen molar-refractivity contribution in [3.8, 4) is 0 Å². The summed E-state index contributed by atoms with van der Waals surface area (Å²) in [5.74, 6) is 2.19. The van der Waals surface area contributed by atoms with E-state index in [0.29, 0.717) is 18.3 Å². The molecule has 4 nitrogen and oxygen atoms in total.